The number of nitrogens with one attached hydrogen (secondary N) is 1. The lowest BCUT2D eigenvalue weighted by atomic mass is 10.2. The largest absolute Gasteiger partial charge is 0.495 e. The molecule has 0 aliphatic rings. The number of halogens is 1. The average molecular weight is 308 g/mol. The van der Waals surface area contributed by atoms with Crippen molar-refractivity contribution in [2.45, 2.75) is 27.3 Å². The normalized spacial score (nSPS) is 10.5. The maximum atomic E-state index is 12.3. The molecule has 1 aromatic heterocycles. The Labute approximate surface area is 128 Å². The number of benzene rings is 1. The lowest BCUT2D eigenvalue weighted by molar-refractivity contribution is 0.102. The van der Waals surface area contributed by atoms with Crippen molar-refractivity contribution in [2.24, 2.45) is 0 Å². The molecule has 5 nitrogen and oxygen atoms in total. The first-order valence-corrected chi connectivity index (χ1v) is 7.04. The van der Waals surface area contributed by atoms with Gasteiger partial charge < -0.3 is 10.1 Å². The van der Waals surface area contributed by atoms with E-state index in [1.807, 2.05) is 20.8 Å². The van der Waals surface area contributed by atoms with Crippen LogP contribution >= 0.6 is 11.6 Å². The summed E-state index contributed by atoms with van der Waals surface area (Å²) in [6.45, 7) is 6.49. The lowest BCUT2D eigenvalue weighted by Crippen LogP contribution is -2.14. The molecule has 21 heavy (non-hydrogen) atoms. The molecule has 1 amide bonds. The third kappa shape index (κ3) is 3.19. The van der Waals surface area contributed by atoms with Gasteiger partial charge in [0.25, 0.3) is 5.91 Å². The third-order valence-corrected chi connectivity index (χ3v) is 3.65. The van der Waals surface area contributed by atoms with Crippen molar-refractivity contribution in [3.8, 4) is 5.75 Å². The number of aromatic nitrogens is 2. The van der Waals surface area contributed by atoms with E-state index < -0.39 is 0 Å². The molecule has 0 spiro atoms. The van der Waals surface area contributed by atoms with Crippen LogP contribution in [0.15, 0.2) is 18.2 Å². The molecule has 0 radical (unpaired) electrons. The summed E-state index contributed by atoms with van der Waals surface area (Å²) in [6, 6.07) is 5.22. The first kappa shape index (κ1) is 15.4. The minimum atomic E-state index is -0.273. The molecular formula is C15H18ClN3O2. The smallest absolute Gasteiger partial charge is 0.276 e. The number of nitrogens with zero attached hydrogens (tertiary/aromatic N) is 2. The van der Waals surface area contributed by atoms with E-state index in [0.717, 1.165) is 17.8 Å². The van der Waals surface area contributed by atoms with Crippen LogP contribution in [0, 0.1) is 13.8 Å². The second-order valence-corrected chi connectivity index (χ2v) is 5.15. The zero-order valence-electron chi connectivity index (χ0n) is 12.5. The molecule has 2 aromatic rings. The summed E-state index contributed by atoms with van der Waals surface area (Å²) in [4.78, 5) is 12.3. The van der Waals surface area contributed by atoms with Gasteiger partial charge in [-0.2, -0.15) is 5.10 Å². The van der Waals surface area contributed by atoms with Crippen molar-refractivity contribution in [3.05, 3.63) is 40.2 Å². The number of aryl methyl sites for hydroxylation is 3. The molecule has 0 fully saturated rings. The van der Waals surface area contributed by atoms with Gasteiger partial charge in [0.1, 0.15) is 5.75 Å². The molecule has 0 atom stereocenters. The van der Waals surface area contributed by atoms with Crippen molar-refractivity contribution in [3.63, 3.8) is 0 Å². The lowest BCUT2D eigenvalue weighted by Gasteiger charge is -2.11. The number of amides is 1. The van der Waals surface area contributed by atoms with Crippen LogP contribution in [0.2, 0.25) is 5.02 Å². The van der Waals surface area contributed by atoms with Gasteiger partial charge in [0.2, 0.25) is 0 Å². The van der Waals surface area contributed by atoms with Gasteiger partial charge in [-0.05, 0) is 38.5 Å². The summed E-state index contributed by atoms with van der Waals surface area (Å²) in [5.41, 5.74) is 2.77. The average Bonchev–Trinajstić information content (AvgIpc) is 2.83. The Morgan fingerprint density at radius 1 is 1.38 bits per heavy atom. The molecule has 1 heterocycles. The van der Waals surface area contributed by atoms with Gasteiger partial charge >= 0.3 is 0 Å². The fourth-order valence-corrected chi connectivity index (χ4v) is 2.21. The number of ether oxygens (including phenoxy) is 1. The van der Waals surface area contributed by atoms with Gasteiger partial charge in [0.15, 0.2) is 5.69 Å². The van der Waals surface area contributed by atoms with E-state index in [4.69, 9.17) is 16.3 Å². The highest BCUT2D eigenvalue weighted by Crippen LogP contribution is 2.31. The number of anilines is 1. The summed E-state index contributed by atoms with van der Waals surface area (Å²) < 4.78 is 7.02. The summed E-state index contributed by atoms with van der Waals surface area (Å²) in [7, 11) is 1.53. The van der Waals surface area contributed by atoms with E-state index in [9.17, 15) is 4.79 Å². The van der Waals surface area contributed by atoms with Crippen molar-refractivity contribution in [1.82, 2.24) is 9.78 Å². The molecule has 1 aromatic carbocycles. The molecule has 6 heteroatoms. The van der Waals surface area contributed by atoms with E-state index in [-0.39, 0.29) is 5.91 Å². The second-order valence-electron chi connectivity index (χ2n) is 4.74. The number of hydrogen-bond acceptors (Lipinski definition) is 3. The zero-order chi connectivity index (χ0) is 15.6. The number of carbonyl (C=O) groups is 1. The molecule has 2 rings (SSSR count). The van der Waals surface area contributed by atoms with E-state index in [1.165, 1.54) is 7.11 Å². The highest BCUT2D eigenvalue weighted by molar-refractivity contribution is 6.31. The van der Waals surface area contributed by atoms with Gasteiger partial charge in [-0.15, -0.1) is 0 Å². The molecule has 1 N–H and O–H groups in total. The first-order chi connectivity index (χ1) is 9.96. The van der Waals surface area contributed by atoms with E-state index in [0.29, 0.717) is 22.2 Å². The number of carbonyl (C=O) groups excluding carboxylic acids is 1. The van der Waals surface area contributed by atoms with E-state index in [2.05, 4.69) is 10.4 Å². The van der Waals surface area contributed by atoms with Crippen LogP contribution in [0.5, 0.6) is 5.75 Å². The minimum Gasteiger partial charge on any atom is -0.495 e. The van der Waals surface area contributed by atoms with Crippen LogP contribution in [0.4, 0.5) is 5.69 Å². The molecular weight excluding hydrogens is 290 g/mol. The molecule has 112 valence electrons. The standard InChI is InChI=1S/C15H18ClN3O2/c1-5-19-10(3)7-13(18-19)15(20)17-12-6-9(2)11(16)8-14(12)21-4/h6-8H,5H2,1-4H3,(H,17,20). The van der Waals surface area contributed by atoms with Gasteiger partial charge in [0, 0.05) is 23.3 Å². The van der Waals surface area contributed by atoms with Crippen LogP contribution in [0.3, 0.4) is 0 Å². The first-order valence-electron chi connectivity index (χ1n) is 6.66. The fraction of sp³-hybridized carbons (Fsp3) is 0.333. The number of hydrogen-bond donors (Lipinski definition) is 1. The Kier molecular flexibility index (Phi) is 4.53. The van der Waals surface area contributed by atoms with Crippen LogP contribution in [-0.2, 0) is 6.54 Å². The van der Waals surface area contributed by atoms with Crippen molar-refractivity contribution in [1.29, 1.82) is 0 Å². The van der Waals surface area contributed by atoms with E-state index in [1.54, 1.807) is 22.9 Å². The van der Waals surface area contributed by atoms with Crippen molar-refractivity contribution in [2.75, 3.05) is 12.4 Å². The SMILES string of the molecule is CCn1nc(C(=O)Nc2cc(C)c(Cl)cc2OC)cc1C. The van der Waals surface area contributed by atoms with Crippen LogP contribution in [-0.4, -0.2) is 22.8 Å². The molecule has 0 aliphatic carbocycles. The molecule has 0 aliphatic heterocycles. The van der Waals surface area contributed by atoms with Gasteiger partial charge in [-0.1, -0.05) is 11.6 Å². The number of rotatable bonds is 4. The molecule has 0 bridgehead atoms. The fourth-order valence-electron chi connectivity index (χ4n) is 2.06. The zero-order valence-corrected chi connectivity index (χ0v) is 13.3. The summed E-state index contributed by atoms with van der Waals surface area (Å²) in [5.74, 6) is 0.246. The van der Waals surface area contributed by atoms with Crippen molar-refractivity contribution < 1.29 is 9.53 Å². The molecule has 0 unspecified atom stereocenters. The summed E-state index contributed by atoms with van der Waals surface area (Å²) >= 11 is 6.05. The Bertz CT molecular complexity index is 680. The predicted molar refractivity (Wildman–Crippen MR) is 83.3 cm³/mol. The minimum absolute atomic E-state index is 0.273. The number of methoxy groups -OCH3 is 1. The van der Waals surface area contributed by atoms with Crippen LogP contribution in [0.1, 0.15) is 28.7 Å². The van der Waals surface area contributed by atoms with Gasteiger partial charge in [-0.25, -0.2) is 0 Å². The van der Waals surface area contributed by atoms with Crippen LogP contribution < -0.4 is 10.1 Å². The second kappa shape index (κ2) is 6.18. The predicted octanol–water partition coefficient (Wildman–Crippen LogP) is 3.43. The topological polar surface area (TPSA) is 56.2 Å². The highest BCUT2D eigenvalue weighted by Gasteiger charge is 2.15. The Hall–Kier alpha value is -2.01. The Morgan fingerprint density at radius 3 is 2.67 bits per heavy atom. The Morgan fingerprint density at radius 2 is 2.10 bits per heavy atom. The van der Waals surface area contributed by atoms with Gasteiger partial charge in [0.05, 0.1) is 12.8 Å². The highest BCUT2D eigenvalue weighted by atomic mass is 35.5. The maximum absolute atomic E-state index is 12.3. The summed E-state index contributed by atoms with van der Waals surface area (Å²) in [5, 5.41) is 7.66. The van der Waals surface area contributed by atoms with Gasteiger partial charge in [-0.3, -0.25) is 9.48 Å². The third-order valence-electron chi connectivity index (χ3n) is 3.24. The maximum Gasteiger partial charge on any atom is 0.276 e. The monoisotopic (exact) mass is 307 g/mol. The Balaban J connectivity index is 2.28. The van der Waals surface area contributed by atoms with Crippen LogP contribution in [0.25, 0.3) is 0 Å². The van der Waals surface area contributed by atoms with Crippen molar-refractivity contribution >= 4 is 23.2 Å². The molecule has 0 saturated heterocycles. The molecule has 0 saturated carbocycles. The van der Waals surface area contributed by atoms with E-state index >= 15 is 0 Å². The summed E-state index contributed by atoms with van der Waals surface area (Å²) in [6.07, 6.45) is 0. The quantitative estimate of drug-likeness (QED) is 0.941.